The van der Waals surface area contributed by atoms with E-state index in [9.17, 15) is 8.42 Å². The van der Waals surface area contributed by atoms with Crippen LogP contribution in [0.15, 0.2) is 4.90 Å². The van der Waals surface area contributed by atoms with Gasteiger partial charge in [-0.05, 0) is 26.7 Å². The van der Waals surface area contributed by atoms with Gasteiger partial charge in [-0.2, -0.15) is 9.40 Å². The lowest BCUT2D eigenvalue weighted by molar-refractivity contribution is 0.268. The second kappa shape index (κ2) is 6.46. The average molecular weight is 314 g/mol. The van der Waals surface area contributed by atoms with Gasteiger partial charge in [0.2, 0.25) is 10.0 Å². The van der Waals surface area contributed by atoms with Crippen molar-refractivity contribution in [3.63, 3.8) is 0 Å². The predicted octanol–water partition coefficient (Wildman–Crippen LogP) is 1.78. The SMILES string of the molecule is Cc1[nH]nc(CNC(C)C)c1S(=O)(=O)N1CCCCC1C. The molecule has 1 aliphatic heterocycles. The highest BCUT2D eigenvalue weighted by atomic mass is 32.2. The fourth-order valence-corrected chi connectivity index (χ4v) is 4.81. The predicted molar refractivity (Wildman–Crippen MR) is 82.5 cm³/mol. The summed E-state index contributed by atoms with van der Waals surface area (Å²) in [5.41, 5.74) is 1.20. The highest BCUT2D eigenvalue weighted by molar-refractivity contribution is 7.89. The Kier molecular flexibility index (Phi) is 5.06. The van der Waals surface area contributed by atoms with Crippen LogP contribution in [-0.2, 0) is 16.6 Å². The van der Waals surface area contributed by atoms with Crippen molar-refractivity contribution < 1.29 is 8.42 Å². The lowest BCUT2D eigenvalue weighted by Gasteiger charge is -2.32. The largest absolute Gasteiger partial charge is 0.309 e. The summed E-state index contributed by atoms with van der Waals surface area (Å²) in [5.74, 6) is 0. The van der Waals surface area contributed by atoms with Crippen LogP contribution < -0.4 is 5.32 Å². The fraction of sp³-hybridized carbons (Fsp3) is 0.786. The molecule has 0 spiro atoms. The molecule has 2 rings (SSSR count). The van der Waals surface area contributed by atoms with Crippen LogP contribution in [-0.4, -0.2) is 41.5 Å². The quantitative estimate of drug-likeness (QED) is 0.868. The Balaban J connectivity index is 2.33. The van der Waals surface area contributed by atoms with E-state index in [0.29, 0.717) is 29.4 Å². The molecule has 1 aromatic rings. The number of hydrogen-bond acceptors (Lipinski definition) is 4. The Bertz CT molecular complexity index is 580. The van der Waals surface area contributed by atoms with Crippen molar-refractivity contribution in [1.82, 2.24) is 19.8 Å². The van der Waals surface area contributed by atoms with Gasteiger partial charge < -0.3 is 5.32 Å². The second-order valence-electron chi connectivity index (χ2n) is 6.12. The van der Waals surface area contributed by atoms with Crippen LogP contribution in [0.1, 0.15) is 51.4 Å². The summed E-state index contributed by atoms with van der Waals surface area (Å²) in [6.07, 6.45) is 2.95. The maximum atomic E-state index is 13.0. The van der Waals surface area contributed by atoms with Crippen molar-refractivity contribution in [3.8, 4) is 0 Å². The third-order valence-electron chi connectivity index (χ3n) is 3.95. The summed E-state index contributed by atoms with van der Waals surface area (Å²) < 4.78 is 27.6. The zero-order chi connectivity index (χ0) is 15.6. The number of aryl methyl sites for hydroxylation is 1. The normalized spacial score (nSPS) is 21.1. The van der Waals surface area contributed by atoms with E-state index in [1.165, 1.54) is 0 Å². The maximum Gasteiger partial charge on any atom is 0.247 e. The molecule has 0 bridgehead atoms. The van der Waals surface area contributed by atoms with Gasteiger partial charge in [0.15, 0.2) is 0 Å². The molecule has 0 saturated carbocycles. The van der Waals surface area contributed by atoms with Crippen LogP contribution in [0, 0.1) is 6.92 Å². The molecule has 1 unspecified atom stereocenters. The molecule has 2 heterocycles. The zero-order valence-electron chi connectivity index (χ0n) is 13.3. The lowest BCUT2D eigenvalue weighted by atomic mass is 10.1. The minimum absolute atomic E-state index is 0.0592. The van der Waals surface area contributed by atoms with Crippen molar-refractivity contribution in [3.05, 3.63) is 11.4 Å². The topological polar surface area (TPSA) is 78.1 Å². The molecule has 0 amide bonds. The van der Waals surface area contributed by atoms with Crippen LogP contribution in [0.3, 0.4) is 0 Å². The van der Waals surface area contributed by atoms with Crippen LogP contribution in [0.2, 0.25) is 0 Å². The number of H-pyrrole nitrogens is 1. The molecule has 1 aliphatic rings. The molecule has 1 saturated heterocycles. The molecule has 1 fully saturated rings. The number of aromatic nitrogens is 2. The minimum Gasteiger partial charge on any atom is -0.309 e. The average Bonchev–Trinajstić information content (AvgIpc) is 2.78. The van der Waals surface area contributed by atoms with Gasteiger partial charge in [-0.1, -0.05) is 20.3 Å². The van der Waals surface area contributed by atoms with E-state index in [4.69, 9.17) is 0 Å². The van der Waals surface area contributed by atoms with Crippen LogP contribution in [0.25, 0.3) is 0 Å². The molecule has 0 radical (unpaired) electrons. The van der Waals surface area contributed by atoms with Crippen LogP contribution in [0.4, 0.5) is 0 Å². The van der Waals surface area contributed by atoms with Crippen LogP contribution in [0.5, 0.6) is 0 Å². The number of rotatable bonds is 5. The first-order chi connectivity index (χ1) is 9.84. The molecular formula is C14H26N4O2S. The smallest absolute Gasteiger partial charge is 0.247 e. The number of hydrogen-bond donors (Lipinski definition) is 2. The van der Waals surface area contributed by atoms with Crippen LogP contribution >= 0.6 is 0 Å². The van der Waals surface area contributed by atoms with Gasteiger partial charge in [0, 0.05) is 25.2 Å². The molecule has 0 aromatic carbocycles. The summed E-state index contributed by atoms with van der Waals surface area (Å²) in [5, 5.41) is 10.2. The Morgan fingerprint density at radius 1 is 1.43 bits per heavy atom. The number of sulfonamides is 1. The molecule has 7 heteroatoms. The molecule has 2 N–H and O–H groups in total. The summed E-state index contributed by atoms with van der Waals surface area (Å²) in [7, 11) is -3.48. The first kappa shape index (κ1) is 16.5. The van der Waals surface area contributed by atoms with Crippen molar-refractivity contribution in [2.75, 3.05) is 6.54 Å². The van der Waals surface area contributed by atoms with Gasteiger partial charge in [0.25, 0.3) is 0 Å². The second-order valence-corrected chi connectivity index (χ2v) is 7.95. The Hall–Kier alpha value is -0.920. The number of nitrogens with one attached hydrogen (secondary N) is 2. The number of piperidine rings is 1. The first-order valence-electron chi connectivity index (χ1n) is 7.63. The highest BCUT2D eigenvalue weighted by Gasteiger charge is 2.34. The summed E-state index contributed by atoms with van der Waals surface area (Å²) in [4.78, 5) is 0.351. The van der Waals surface area contributed by atoms with Gasteiger partial charge in [-0.25, -0.2) is 8.42 Å². The monoisotopic (exact) mass is 314 g/mol. The summed E-state index contributed by atoms with van der Waals surface area (Å²) >= 11 is 0. The summed E-state index contributed by atoms with van der Waals surface area (Å²) in [6, 6.07) is 0.343. The molecule has 6 nitrogen and oxygen atoms in total. The molecular weight excluding hydrogens is 288 g/mol. The van der Waals surface area contributed by atoms with Gasteiger partial charge in [0.1, 0.15) is 4.90 Å². The van der Waals surface area contributed by atoms with E-state index in [2.05, 4.69) is 15.5 Å². The van der Waals surface area contributed by atoms with E-state index < -0.39 is 10.0 Å². The van der Waals surface area contributed by atoms with Gasteiger partial charge in [0.05, 0.1) is 11.4 Å². The van der Waals surface area contributed by atoms with Crippen molar-refractivity contribution >= 4 is 10.0 Å². The molecule has 1 aromatic heterocycles. The minimum atomic E-state index is -3.48. The molecule has 120 valence electrons. The van der Waals surface area contributed by atoms with E-state index in [0.717, 1.165) is 19.3 Å². The molecule has 0 aliphatic carbocycles. The van der Waals surface area contributed by atoms with Gasteiger partial charge in [-0.3, -0.25) is 5.10 Å². The Labute approximate surface area is 127 Å². The zero-order valence-corrected chi connectivity index (χ0v) is 14.1. The molecule has 21 heavy (non-hydrogen) atoms. The van der Waals surface area contributed by atoms with Crippen molar-refractivity contribution in [2.24, 2.45) is 0 Å². The number of nitrogens with zero attached hydrogens (tertiary/aromatic N) is 2. The number of aromatic amines is 1. The van der Waals surface area contributed by atoms with E-state index in [-0.39, 0.29) is 12.1 Å². The fourth-order valence-electron chi connectivity index (χ4n) is 2.78. The Morgan fingerprint density at radius 3 is 2.76 bits per heavy atom. The standard InChI is InChI=1S/C14H26N4O2S/c1-10(2)15-9-13-14(12(4)16-17-13)21(19,20)18-8-6-5-7-11(18)3/h10-11,15H,5-9H2,1-4H3,(H,16,17). The molecule has 1 atom stereocenters. The van der Waals surface area contributed by atoms with Gasteiger partial charge >= 0.3 is 0 Å². The third-order valence-corrected chi connectivity index (χ3v) is 6.17. The third kappa shape index (κ3) is 3.46. The summed E-state index contributed by atoms with van der Waals surface area (Å²) in [6.45, 7) is 8.87. The maximum absolute atomic E-state index is 13.0. The Morgan fingerprint density at radius 2 is 2.14 bits per heavy atom. The van der Waals surface area contributed by atoms with Gasteiger partial charge in [-0.15, -0.1) is 0 Å². The lowest BCUT2D eigenvalue weighted by Crippen LogP contribution is -2.42. The van der Waals surface area contributed by atoms with E-state index in [1.807, 2.05) is 20.8 Å². The van der Waals surface area contributed by atoms with Crippen molar-refractivity contribution in [1.29, 1.82) is 0 Å². The van der Waals surface area contributed by atoms with Crippen molar-refractivity contribution in [2.45, 2.75) is 70.5 Å². The highest BCUT2D eigenvalue weighted by Crippen LogP contribution is 2.28. The van der Waals surface area contributed by atoms with E-state index in [1.54, 1.807) is 11.2 Å². The first-order valence-corrected chi connectivity index (χ1v) is 9.07. The van der Waals surface area contributed by atoms with E-state index >= 15 is 0 Å².